The number of rotatable bonds is 2. The maximum absolute atomic E-state index is 10.3. The minimum absolute atomic E-state index is 0.00463. The van der Waals surface area contributed by atoms with Gasteiger partial charge in [0.25, 0.3) is 0 Å². The Labute approximate surface area is 111 Å². The molecule has 0 bridgehead atoms. The molecule has 0 fully saturated rings. The summed E-state index contributed by atoms with van der Waals surface area (Å²) in [6, 6.07) is 8.45. The maximum atomic E-state index is 10.3. The molecular formula is C16H24O2. The lowest BCUT2D eigenvalue weighted by atomic mass is 10.0. The second kappa shape index (κ2) is 8.51. The fourth-order valence-corrected chi connectivity index (χ4v) is 1.41. The third kappa shape index (κ3) is 5.67. The summed E-state index contributed by atoms with van der Waals surface area (Å²) in [5.74, 6) is -0.148. The highest BCUT2D eigenvalue weighted by Crippen LogP contribution is 2.16. The number of carbonyl (C=O) groups is 1. The van der Waals surface area contributed by atoms with Gasteiger partial charge in [-0.05, 0) is 37.5 Å². The van der Waals surface area contributed by atoms with Gasteiger partial charge in [0, 0.05) is 0 Å². The van der Waals surface area contributed by atoms with E-state index in [0.717, 1.165) is 0 Å². The normalized spacial score (nSPS) is 10.7. The minimum Gasteiger partial charge on any atom is -0.469 e. The van der Waals surface area contributed by atoms with Crippen molar-refractivity contribution in [2.45, 2.75) is 34.6 Å². The van der Waals surface area contributed by atoms with Crippen LogP contribution in [0.5, 0.6) is 0 Å². The van der Waals surface area contributed by atoms with Crippen LogP contribution in [0, 0.1) is 12.8 Å². The van der Waals surface area contributed by atoms with Gasteiger partial charge < -0.3 is 4.74 Å². The first kappa shape index (κ1) is 16.4. The van der Waals surface area contributed by atoms with Gasteiger partial charge in [-0.25, -0.2) is 0 Å². The quantitative estimate of drug-likeness (QED) is 0.732. The van der Waals surface area contributed by atoms with E-state index in [1.54, 1.807) is 13.8 Å². The molecule has 2 heteroatoms. The zero-order valence-electron chi connectivity index (χ0n) is 12.3. The summed E-state index contributed by atoms with van der Waals surface area (Å²) >= 11 is 0. The molecule has 0 aromatic heterocycles. The molecule has 0 heterocycles. The summed E-state index contributed by atoms with van der Waals surface area (Å²) in [7, 11) is 1.39. The second-order valence-corrected chi connectivity index (χ2v) is 4.46. The predicted molar refractivity (Wildman–Crippen MR) is 77.4 cm³/mol. The van der Waals surface area contributed by atoms with Crippen molar-refractivity contribution in [3.05, 3.63) is 41.5 Å². The molecule has 0 saturated heterocycles. The van der Waals surface area contributed by atoms with Crippen molar-refractivity contribution in [1.29, 1.82) is 0 Å². The smallest absolute Gasteiger partial charge is 0.308 e. The van der Waals surface area contributed by atoms with Crippen LogP contribution in [0.1, 0.15) is 38.8 Å². The molecule has 0 amide bonds. The molecule has 1 aromatic rings. The molecule has 2 nitrogen and oxygen atoms in total. The summed E-state index contributed by atoms with van der Waals surface area (Å²) in [5.41, 5.74) is 4.06. The highest BCUT2D eigenvalue weighted by molar-refractivity contribution is 5.71. The van der Waals surface area contributed by atoms with Crippen molar-refractivity contribution >= 4 is 11.5 Å². The minimum atomic E-state index is -0.153. The largest absolute Gasteiger partial charge is 0.469 e. The van der Waals surface area contributed by atoms with Crippen molar-refractivity contribution in [3.63, 3.8) is 0 Å². The molecule has 0 spiro atoms. The van der Waals surface area contributed by atoms with Crippen molar-refractivity contribution in [3.8, 4) is 0 Å². The molecule has 0 saturated carbocycles. The molecule has 0 aliphatic heterocycles. The third-order valence-corrected chi connectivity index (χ3v) is 2.68. The van der Waals surface area contributed by atoms with E-state index in [-0.39, 0.29) is 11.9 Å². The van der Waals surface area contributed by atoms with E-state index in [2.05, 4.69) is 55.8 Å². The topological polar surface area (TPSA) is 26.3 Å². The fraction of sp³-hybridized carbons (Fsp3) is 0.438. The Hall–Kier alpha value is -1.57. The Balaban J connectivity index is 0.000000360. The highest BCUT2D eigenvalue weighted by Gasteiger charge is 2.03. The fourth-order valence-electron chi connectivity index (χ4n) is 1.41. The summed E-state index contributed by atoms with van der Waals surface area (Å²) in [6.07, 6.45) is 2.14. The van der Waals surface area contributed by atoms with Gasteiger partial charge in [-0.3, -0.25) is 4.79 Å². The van der Waals surface area contributed by atoms with E-state index >= 15 is 0 Å². The number of esters is 1. The van der Waals surface area contributed by atoms with Gasteiger partial charge in [-0.1, -0.05) is 44.2 Å². The number of carbonyl (C=O) groups excluding carboxylic acids is 1. The maximum Gasteiger partial charge on any atom is 0.308 e. The number of aryl methyl sites for hydroxylation is 1. The Kier molecular flexibility index (Phi) is 7.77. The highest BCUT2D eigenvalue weighted by atomic mass is 16.5. The van der Waals surface area contributed by atoms with E-state index < -0.39 is 0 Å². The zero-order chi connectivity index (χ0) is 14.1. The zero-order valence-corrected chi connectivity index (χ0v) is 12.3. The Bertz CT molecular complexity index is 403. The lowest BCUT2D eigenvalue weighted by Gasteiger charge is -2.03. The summed E-state index contributed by atoms with van der Waals surface area (Å²) < 4.78 is 4.37. The number of hydrogen-bond acceptors (Lipinski definition) is 2. The molecule has 0 N–H and O–H groups in total. The van der Waals surface area contributed by atoms with Crippen molar-refractivity contribution in [2.75, 3.05) is 7.11 Å². The molecular weight excluding hydrogens is 224 g/mol. The van der Waals surface area contributed by atoms with Gasteiger partial charge in [0.2, 0.25) is 0 Å². The van der Waals surface area contributed by atoms with Gasteiger partial charge >= 0.3 is 5.97 Å². The molecule has 0 unspecified atom stereocenters. The van der Waals surface area contributed by atoms with Crippen LogP contribution in [-0.2, 0) is 9.53 Å². The average Bonchev–Trinajstić information content (AvgIpc) is 2.38. The van der Waals surface area contributed by atoms with Gasteiger partial charge in [0.05, 0.1) is 13.0 Å². The van der Waals surface area contributed by atoms with Crippen LogP contribution in [0.15, 0.2) is 30.3 Å². The van der Waals surface area contributed by atoms with Gasteiger partial charge in [0.15, 0.2) is 0 Å². The third-order valence-electron chi connectivity index (χ3n) is 2.68. The van der Waals surface area contributed by atoms with Crippen LogP contribution >= 0.6 is 0 Å². The van der Waals surface area contributed by atoms with E-state index in [9.17, 15) is 4.79 Å². The molecule has 0 aliphatic rings. The standard InChI is InChI=1S/C11H14.C5H10O2/c1-4-9(2)11-8-6-5-7-10(11)3;1-4(2)5(6)7-3/h4-8H,1-3H3;4H,1-3H3/b9-4-;. The van der Waals surface area contributed by atoms with Crippen molar-refractivity contribution in [1.82, 2.24) is 0 Å². The average molecular weight is 248 g/mol. The summed E-state index contributed by atoms with van der Waals surface area (Å²) in [5, 5.41) is 0. The van der Waals surface area contributed by atoms with E-state index in [1.807, 2.05) is 0 Å². The molecule has 1 aromatic carbocycles. The number of hydrogen-bond donors (Lipinski definition) is 0. The molecule has 1 rings (SSSR count). The number of ether oxygens (including phenoxy) is 1. The number of benzene rings is 1. The van der Waals surface area contributed by atoms with Gasteiger partial charge in [-0.15, -0.1) is 0 Å². The van der Waals surface area contributed by atoms with Crippen LogP contribution in [0.25, 0.3) is 5.57 Å². The van der Waals surface area contributed by atoms with Crippen LogP contribution in [0.2, 0.25) is 0 Å². The Morgan fingerprint density at radius 2 is 1.83 bits per heavy atom. The lowest BCUT2D eigenvalue weighted by Crippen LogP contribution is -2.07. The molecule has 0 aliphatic carbocycles. The molecule has 100 valence electrons. The van der Waals surface area contributed by atoms with Gasteiger partial charge in [-0.2, -0.15) is 0 Å². The molecule has 0 atom stereocenters. The first-order valence-corrected chi connectivity index (χ1v) is 6.20. The van der Waals surface area contributed by atoms with Crippen LogP contribution in [-0.4, -0.2) is 13.1 Å². The SMILES string of the molecule is C/C=C(/C)c1ccccc1C.COC(=O)C(C)C. The van der Waals surface area contributed by atoms with E-state index in [0.29, 0.717) is 0 Å². The number of allylic oxidation sites excluding steroid dienone is 2. The second-order valence-electron chi connectivity index (χ2n) is 4.46. The predicted octanol–water partition coefficient (Wildman–Crippen LogP) is 4.23. The lowest BCUT2D eigenvalue weighted by molar-refractivity contribution is -0.144. The monoisotopic (exact) mass is 248 g/mol. The van der Waals surface area contributed by atoms with Crippen LogP contribution in [0.3, 0.4) is 0 Å². The Morgan fingerprint density at radius 3 is 2.17 bits per heavy atom. The molecule has 0 radical (unpaired) electrons. The summed E-state index contributed by atoms with van der Waals surface area (Å²) in [4.78, 5) is 10.3. The molecule has 18 heavy (non-hydrogen) atoms. The van der Waals surface area contributed by atoms with Crippen LogP contribution in [0.4, 0.5) is 0 Å². The van der Waals surface area contributed by atoms with Crippen LogP contribution < -0.4 is 0 Å². The summed E-state index contributed by atoms with van der Waals surface area (Å²) in [6.45, 7) is 9.95. The van der Waals surface area contributed by atoms with Crippen molar-refractivity contribution < 1.29 is 9.53 Å². The number of methoxy groups -OCH3 is 1. The van der Waals surface area contributed by atoms with Crippen molar-refractivity contribution in [2.24, 2.45) is 5.92 Å². The van der Waals surface area contributed by atoms with E-state index in [1.165, 1.54) is 23.8 Å². The van der Waals surface area contributed by atoms with E-state index in [4.69, 9.17) is 0 Å². The van der Waals surface area contributed by atoms with Gasteiger partial charge in [0.1, 0.15) is 0 Å². The first-order chi connectivity index (χ1) is 8.43. The first-order valence-electron chi connectivity index (χ1n) is 6.20. The Morgan fingerprint density at radius 1 is 1.28 bits per heavy atom.